The summed E-state index contributed by atoms with van der Waals surface area (Å²) >= 11 is 0. The van der Waals surface area contributed by atoms with Crippen LogP contribution < -0.4 is 0 Å². The summed E-state index contributed by atoms with van der Waals surface area (Å²) in [6.45, 7) is 1.58. The number of carbonyl (C=O) groups excluding carboxylic acids is 2. The van der Waals surface area contributed by atoms with Crippen molar-refractivity contribution >= 4 is 11.6 Å². The van der Waals surface area contributed by atoms with E-state index in [9.17, 15) is 9.59 Å². The van der Waals surface area contributed by atoms with Gasteiger partial charge in [0.05, 0.1) is 6.04 Å². The van der Waals surface area contributed by atoms with Gasteiger partial charge < -0.3 is 0 Å². The number of rotatable bonds is 1. The average molecular weight is 167 g/mol. The standard InChI is InChI=1S/C9H13NO2/c1-5(11)9-7-3-6(10(9)2)4-8(7)12/h6-7,9H,3-4H2,1-2H3/t6-,7+,9?/m0/s1. The predicted molar refractivity (Wildman–Crippen MR) is 43.8 cm³/mol. The lowest BCUT2D eigenvalue weighted by Gasteiger charge is -2.28. The van der Waals surface area contributed by atoms with Crippen LogP contribution in [0.15, 0.2) is 0 Å². The van der Waals surface area contributed by atoms with Crippen molar-refractivity contribution in [2.24, 2.45) is 5.92 Å². The minimum absolute atomic E-state index is 0.0116. The first kappa shape index (κ1) is 7.92. The van der Waals surface area contributed by atoms with Crippen LogP contribution in [0.1, 0.15) is 19.8 Å². The number of carbonyl (C=O) groups is 2. The molecule has 2 bridgehead atoms. The molecule has 2 fully saturated rings. The van der Waals surface area contributed by atoms with E-state index in [-0.39, 0.29) is 17.7 Å². The molecule has 3 atom stereocenters. The number of ketones is 2. The Morgan fingerprint density at radius 3 is 2.67 bits per heavy atom. The molecule has 0 N–H and O–H groups in total. The van der Waals surface area contributed by atoms with E-state index in [4.69, 9.17) is 0 Å². The Morgan fingerprint density at radius 2 is 2.25 bits per heavy atom. The highest BCUT2D eigenvalue weighted by atomic mass is 16.1. The van der Waals surface area contributed by atoms with E-state index in [0.717, 1.165) is 6.42 Å². The molecule has 3 nitrogen and oxygen atoms in total. The molecule has 1 heterocycles. The summed E-state index contributed by atoms with van der Waals surface area (Å²) in [5.74, 6) is 0.439. The van der Waals surface area contributed by atoms with Crippen molar-refractivity contribution < 1.29 is 9.59 Å². The first-order valence-electron chi connectivity index (χ1n) is 4.36. The molecular weight excluding hydrogens is 154 g/mol. The van der Waals surface area contributed by atoms with Crippen molar-refractivity contribution in [3.05, 3.63) is 0 Å². The SMILES string of the molecule is CC(=O)C1[C@@H]2C[C@@H](CC2=O)N1C. The van der Waals surface area contributed by atoms with Crippen LogP contribution in [0.25, 0.3) is 0 Å². The molecule has 0 aromatic rings. The highest BCUT2D eigenvalue weighted by molar-refractivity contribution is 5.94. The van der Waals surface area contributed by atoms with Gasteiger partial charge in [0.1, 0.15) is 11.6 Å². The number of piperidine rings is 1. The number of fused-ring (bicyclic) bond motifs is 2. The number of nitrogens with zero attached hydrogens (tertiary/aromatic N) is 1. The van der Waals surface area contributed by atoms with Gasteiger partial charge in [0, 0.05) is 18.4 Å². The summed E-state index contributed by atoms with van der Waals surface area (Å²) in [5, 5.41) is 0. The zero-order chi connectivity index (χ0) is 8.88. The first-order chi connectivity index (χ1) is 5.61. The maximum absolute atomic E-state index is 11.3. The second-order valence-electron chi connectivity index (χ2n) is 3.89. The van der Waals surface area contributed by atoms with Gasteiger partial charge in [-0.1, -0.05) is 0 Å². The predicted octanol–water partition coefficient (Wildman–Crippen LogP) is 0.237. The van der Waals surface area contributed by atoms with Gasteiger partial charge in [-0.3, -0.25) is 14.5 Å². The minimum atomic E-state index is -0.115. The zero-order valence-corrected chi connectivity index (χ0v) is 7.41. The maximum atomic E-state index is 11.3. The Balaban J connectivity index is 2.26. The van der Waals surface area contributed by atoms with Crippen LogP contribution in [0.3, 0.4) is 0 Å². The van der Waals surface area contributed by atoms with Crippen LogP contribution in [-0.2, 0) is 9.59 Å². The smallest absolute Gasteiger partial charge is 0.147 e. The molecule has 0 aromatic heterocycles. The number of hydrogen-bond acceptors (Lipinski definition) is 3. The van der Waals surface area contributed by atoms with Gasteiger partial charge in [0.15, 0.2) is 0 Å². The minimum Gasteiger partial charge on any atom is -0.299 e. The molecule has 0 radical (unpaired) electrons. The number of likely N-dealkylation sites (N-methyl/N-ethyl adjacent to an activating group) is 1. The fourth-order valence-electron chi connectivity index (χ4n) is 2.59. The molecule has 2 aliphatic rings. The van der Waals surface area contributed by atoms with E-state index in [1.807, 2.05) is 7.05 Å². The Morgan fingerprint density at radius 1 is 1.58 bits per heavy atom. The van der Waals surface area contributed by atoms with Crippen molar-refractivity contribution in [1.82, 2.24) is 4.90 Å². The van der Waals surface area contributed by atoms with Crippen LogP contribution in [0.4, 0.5) is 0 Å². The monoisotopic (exact) mass is 167 g/mol. The van der Waals surface area contributed by atoms with Gasteiger partial charge in [-0.2, -0.15) is 0 Å². The summed E-state index contributed by atoms with van der Waals surface area (Å²) in [7, 11) is 1.95. The van der Waals surface area contributed by atoms with Crippen LogP contribution >= 0.6 is 0 Å². The normalized spacial score (nSPS) is 40.8. The van der Waals surface area contributed by atoms with Crippen molar-refractivity contribution in [3.63, 3.8) is 0 Å². The Hall–Kier alpha value is -0.700. The first-order valence-corrected chi connectivity index (χ1v) is 4.36. The number of hydrogen-bond donors (Lipinski definition) is 0. The molecule has 0 spiro atoms. The molecule has 1 saturated carbocycles. The lowest BCUT2D eigenvalue weighted by molar-refractivity contribution is -0.132. The topological polar surface area (TPSA) is 37.4 Å². The number of likely N-dealkylation sites (tertiary alicyclic amines) is 1. The molecule has 1 aliphatic carbocycles. The fourth-order valence-corrected chi connectivity index (χ4v) is 2.59. The van der Waals surface area contributed by atoms with Crippen LogP contribution in [0.2, 0.25) is 0 Å². The summed E-state index contributed by atoms with van der Waals surface area (Å²) < 4.78 is 0. The van der Waals surface area contributed by atoms with E-state index < -0.39 is 0 Å². The van der Waals surface area contributed by atoms with Gasteiger partial charge in [-0.15, -0.1) is 0 Å². The molecule has 0 aromatic carbocycles. The second-order valence-corrected chi connectivity index (χ2v) is 3.89. The molecule has 2 rings (SSSR count). The van der Waals surface area contributed by atoms with E-state index in [1.165, 1.54) is 0 Å². The number of Topliss-reactive ketones (excluding diaryl/α,β-unsaturated/α-hetero) is 2. The Bertz CT molecular complexity index is 249. The molecule has 12 heavy (non-hydrogen) atoms. The van der Waals surface area contributed by atoms with E-state index in [0.29, 0.717) is 18.2 Å². The second kappa shape index (κ2) is 2.39. The quantitative estimate of drug-likeness (QED) is 0.561. The summed E-state index contributed by atoms with van der Waals surface area (Å²) in [6.07, 6.45) is 1.56. The highest BCUT2D eigenvalue weighted by Gasteiger charge is 2.50. The Labute approximate surface area is 71.7 Å². The molecule has 1 saturated heterocycles. The third-order valence-corrected chi connectivity index (χ3v) is 3.19. The fraction of sp³-hybridized carbons (Fsp3) is 0.778. The third kappa shape index (κ3) is 0.860. The average Bonchev–Trinajstić information content (AvgIpc) is 2.44. The van der Waals surface area contributed by atoms with Crippen LogP contribution in [0, 0.1) is 5.92 Å². The summed E-state index contributed by atoms with van der Waals surface area (Å²) in [5.41, 5.74) is 0. The van der Waals surface area contributed by atoms with E-state index >= 15 is 0 Å². The van der Waals surface area contributed by atoms with Crippen molar-refractivity contribution in [1.29, 1.82) is 0 Å². The molecule has 0 amide bonds. The van der Waals surface area contributed by atoms with Gasteiger partial charge in [0.25, 0.3) is 0 Å². The summed E-state index contributed by atoms with van der Waals surface area (Å²) in [4.78, 5) is 24.6. The molecule has 1 unspecified atom stereocenters. The van der Waals surface area contributed by atoms with E-state index in [1.54, 1.807) is 6.92 Å². The maximum Gasteiger partial charge on any atom is 0.147 e. The lowest BCUT2D eigenvalue weighted by atomic mass is 9.95. The molecule has 3 heteroatoms. The van der Waals surface area contributed by atoms with Crippen molar-refractivity contribution in [2.45, 2.75) is 31.8 Å². The molecule has 1 aliphatic heterocycles. The van der Waals surface area contributed by atoms with Crippen molar-refractivity contribution in [2.75, 3.05) is 7.05 Å². The van der Waals surface area contributed by atoms with Gasteiger partial charge in [-0.05, 0) is 20.4 Å². The molecular formula is C9H13NO2. The van der Waals surface area contributed by atoms with Gasteiger partial charge in [0.2, 0.25) is 0 Å². The molecule has 66 valence electrons. The lowest BCUT2D eigenvalue weighted by Crippen LogP contribution is -2.45. The van der Waals surface area contributed by atoms with Crippen LogP contribution in [0.5, 0.6) is 0 Å². The third-order valence-electron chi connectivity index (χ3n) is 3.19. The summed E-state index contributed by atoms with van der Waals surface area (Å²) in [6, 6.07) is 0.229. The van der Waals surface area contributed by atoms with Crippen LogP contribution in [-0.4, -0.2) is 35.6 Å². The van der Waals surface area contributed by atoms with E-state index in [2.05, 4.69) is 4.90 Å². The van der Waals surface area contributed by atoms with Gasteiger partial charge in [-0.25, -0.2) is 0 Å². The van der Waals surface area contributed by atoms with Crippen molar-refractivity contribution in [3.8, 4) is 0 Å². The largest absolute Gasteiger partial charge is 0.299 e. The zero-order valence-electron chi connectivity index (χ0n) is 7.41. The Kier molecular flexibility index (Phi) is 1.58. The van der Waals surface area contributed by atoms with Gasteiger partial charge >= 0.3 is 0 Å². The highest BCUT2D eigenvalue weighted by Crippen LogP contribution is 2.39.